The van der Waals surface area contributed by atoms with E-state index in [1.165, 1.54) is 0 Å². The van der Waals surface area contributed by atoms with E-state index in [9.17, 15) is 15.0 Å². The van der Waals surface area contributed by atoms with Gasteiger partial charge >= 0.3 is 0 Å². The van der Waals surface area contributed by atoms with Crippen LogP contribution in [0.15, 0.2) is 18.2 Å². The monoisotopic (exact) mass is 281 g/mol. The normalized spacial score (nSPS) is 11.2. The molecular formula is C15H23NO4. The maximum atomic E-state index is 11.8. The van der Waals surface area contributed by atoms with Gasteiger partial charge in [0.25, 0.3) is 5.91 Å². The van der Waals surface area contributed by atoms with Crippen molar-refractivity contribution < 1.29 is 19.7 Å². The average Bonchev–Trinajstić information content (AvgIpc) is 2.46. The molecule has 0 aliphatic carbocycles. The zero-order valence-electron chi connectivity index (χ0n) is 12.3. The molecule has 0 saturated heterocycles. The second kappa shape index (κ2) is 7.26. The van der Waals surface area contributed by atoms with Crippen molar-refractivity contribution in [1.82, 2.24) is 5.32 Å². The fourth-order valence-corrected chi connectivity index (χ4v) is 1.78. The Kier molecular flexibility index (Phi) is 5.98. The lowest BCUT2D eigenvalue weighted by Crippen LogP contribution is -2.55. The number of aliphatic hydroxyl groups excluding tert-OH is 2. The van der Waals surface area contributed by atoms with Crippen LogP contribution in [0.1, 0.15) is 24.5 Å². The number of ether oxygens (including phenoxy) is 1. The van der Waals surface area contributed by atoms with E-state index in [-0.39, 0.29) is 25.7 Å². The van der Waals surface area contributed by atoms with Crippen molar-refractivity contribution >= 4 is 5.91 Å². The van der Waals surface area contributed by atoms with Crippen molar-refractivity contribution in [3.05, 3.63) is 29.3 Å². The predicted octanol–water partition coefficient (Wildman–Crippen LogP) is 0.932. The number of carbonyl (C=O) groups excluding carboxylic acids is 1. The molecule has 0 aromatic heterocycles. The molecule has 0 unspecified atom stereocenters. The van der Waals surface area contributed by atoms with Crippen LogP contribution in [-0.4, -0.2) is 41.5 Å². The van der Waals surface area contributed by atoms with Crippen LogP contribution in [0.5, 0.6) is 5.75 Å². The summed E-state index contributed by atoms with van der Waals surface area (Å²) in [6.07, 6.45) is 0.440. The minimum atomic E-state index is -0.984. The summed E-state index contributed by atoms with van der Waals surface area (Å²) in [4.78, 5) is 11.8. The first kappa shape index (κ1) is 16.5. The molecule has 3 N–H and O–H groups in total. The first-order valence-corrected chi connectivity index (χ1v) is 6.69. The van der Waals surface area contributed by atoms with Gasteiger partial charge in [-0.15, -0.1) is 0 Å². The average molecular weight is 281 g/mol. The lowest BCUT2D eigenvalue weighted by atomic mass is 9.98. The van der Waals surface area contributed by atoms with E-state index >= 15 is 0 Å². The van der Waals surface area contributed by atoms with Gasteiger partial charge in [-0.25, -0.2) is 0 Å². The maximum Gasteiger partial charge on any atom is 0.258 e. The molecule has 0 spiro atoms. The van der Waals surface area contributed by atoms with Gasteiger partial charge < -0.3 is 20.3 Å². The molecule has 1 aromatic rings. The molecule has 112 valence electrons. The van der Waals surface area contributed by atoms with Crippen LogP contribution in [0.2, 0.25) is 0 Å². The van der Waals surface area contributed by atoms with E-state index in [4.69, 9.17) is 4.74 Å². The number of aliphatic hydroxyl groups is 2. The molecule has 0 aliphatic rings. The number of amides is 1. The first-order valence-electron chi connectivity index (χ1n) is 6.69. The van der Waals surface area contributed by atoms with Gasteiger partial charge in [0.2, 0.25) is 0 Å². The van der Waals surface area contributed by atoms with Gasteiger partial charge in [0.15, 0.2) is 6.61 Å². The van der Waals surface area contributed by atoms with Crippen molar-refractivity contribution in [2.24, 2.45) is 0 Å². The van der Waals surface area contributed by atoms with Crippen LogP contribution in [0, 0.1) is 13.8 Å². The third kappa shape index (κ3) is 4.21. The standard InChI is InChI=1S/C15H23NO4/c1-4-15(9-17,10-18)16-14(19)8-20-13-7-11(2)5-6-12(13)3/h5-7,17-18H,4,8-10H2,1-3H3,(H,16,19). The summed E-state index contributed by atoms with van der Waals surface area (Å²) in [5, 5.41) is 21.2. The topological polar surface area (TPSA) is 78.8 Å². The van der Waals surface area contributed by atoms with Gasteiger partial charge in [0.1, 0.15) is 5.75 Å². The summed E-state index contributed by atoms with van der Waals surface area (Å²) in [7, 11) is 0. The number of hydrogen-bond acceptors (Lipinski definition) is 4. The van der Waals surface area contributed by atoms with E-state index in [0.29, 0.717) is 12.2 Å². The Bertz CT molecular complexity index is 447. The zero-order valence-corrected chi connectivity index (χ0v) is 12.3. The van der Waals surface area contributed by atoms with Crippen LogP contribution in [0.4, 0.5) is 0 Å². The number of rotatable bonds is 7. The van der Waals surface area contributed by atoms with Crippen molar-refractivity contribution in [2.45, 2.75) is 32.7 Å². The van der Waals surface area contributed by atoms with Crippen LogP contribution in [0.3, 0.4) is 0 Å². The summed E-state index contributed by atoms with van der Waals surface area (Å²) in [6, 6.07) is 5.77. The SMILES string of the molecule is CCC(CO)(CO)NC(=O)COc1cc(C)ccc1C. The highest BCUT2D eigenvalue weighted by Gasteiger charge is 2.28. The van der Waals surface area contributed by atoms with E-state index in [0.717, 1.165) is 11.1 Å². The van der Waals surface area contributed by atoms with Gasteiger partial charge in [-0.1, -0.05) is 19.1 Å². The largest absolute Gasteiger partial charge is 0.483 e. The molecule has 0 bridgehead atoms. The molecule has 0 atom stereocenters. The second-order valence-electron chi connectivity index (χ2n) is 5.06. The molecule has 0 saturated carbocycles. The Morgan fingerprint density at radius 1 is 1.30 bits per heavy atom. The number of aryl methyl sites for hydroxylation is 2. The van der Waals surface area contributed by atoms with Gasteiger partial charge in [0, 0.05) is 0 Å². The lowest BCUT2D eigenvalue weighted by molar-refractivity contribution is -0.126. The van der Waals surface area contributed by atoms with E-state index in [2.05, 4.69) is 5.32 Å². The van der Waals surface area contributed by atoms with Gasteiger partial charge in [-0.2, -0.15) is 0 Å². The van der Waals surface area contributed by atoms with Crippen molar-refractivity contribution in [1.29, 1.82) is 0 Å². The summed E-state index contributed by atoms with van der Waals surface area (Å²) < 4.78 is 5.48. The van der Waals surface area contributed by atoms with Crippen molar-refractivity contribution in [3.63, 3.8) is 0 Å². The first-order chi connectivity index (χ1) is 9.46. The maximum absolute atomic E-state index is 11.8. The smallest absolute Gasteiger partial charge is 0.258 e. The van der Waals surface area contributed by atoms with E-state index in [1.54, 1.807) is 6.92 Å². The summed E-state index contributed by atoms with van der Waals surface area (Å²) in [5.41, 5.74) is 1.02. The molecule has 0 heterocycles. The summed E-state index contributed by atoms with van der Waals surface area (Å²) in [5.74, 6) is 0.297. The van der Waals surface area contributed by atoms with E-state index in [1.807, 2.05) is 32.0 Å². The highest BCUT2D eigenvalue weighted by atomic mass is 16.5. The summed E-state index contributed by atoms with van der Waals surface area (Å²) in [6.45, 7) is 4.88. The van der Waals surface area contributed by atoms with Crippen molar-refractivity contribution in [3.8, 4) is 5.75 Å². The molecule has 20 heavy (non-hydrogen) atoms. The third-order valence-electron chi connectivity index (χ3n) is 3.39. The van der Waals surface area contributed by atoms with Gasteiger partial charge in [-0.3, -0.25) is 4.79 Å². The van der Waals surface area contributed by atoms with Crippen LogP contribution in [0.25, 0.3) is 0 Å². The molecule has 5 nitrogen and oxygen atoms in total. The molecule has 1 aromatic carbocycles. The molecule has 1 rings (SSSR count). The van der Waals surface area contributed by atoms with Crippen LogP contribution >= 0.6 is 0 Å². The Hall–Kier alpha value is -1.59. The van der Waals surface area contributed by atoms with E-state index < -0.39 is 5.54 Å². The second-order valence-corrected chi connectivity index (χ2v) is 5.06. The molecule has 0 fully saturated rings. The van der Waals surface area contributed by atoms with Crippen LogP contribution in [-0.2, 0) is 4.79 Å². The molecule has 5 heteroatoms. The molecule has 1 amide bonds. The quantitative estimate of drug-likeness (QED) is 0.695. The Morgan fingerprint density at radius 3 is 2.50 bits per heavy atom. The highest BCUT2D eigenvalue weighted by Crippen LogP contribution is 2.19. The third-order valence-corrected chi connectivity index (χ3v) is 3.39. The Labute approximate surface area is 119 Å². The minimum absolute atomic E-state index is 0.147. The van der Waals surface area contributed by atoms with Gasteiger partial charge in [0.05, 0.1) is 18.8 Å². The zero-order chi connectivity index (χ0) is 15.2. The Morgan fingerprint density at radius 2 is 1.95 bits per heavy atom. The lowest BCUT2D eigenvalue weighted by Gasteiger charge is -2.29. The Balaban J connectivity index is 2.61. The fourth-order valence-electron chi connectivity index (χ4n) is 1.78. The molecule has 0 radical (unpaired) electrons. The van der Waals surface area contributed by atoms with Gasteiger partial charge in [-0.05, 0) is 37.5 Å². The molecule has 0 aliphatic heterocycles. The number of hydrogen-bond donors (Lipinski definition) is 3. The molecular weight excluding hydrogens is 258 g/mol. The number of benzene rings is 1. The highest BCUT2D eigenvalue weighted by molar-refractivity contribution is 5.78. The number of carbonyl (C=O) groups is 1. The van der Waals surface area contributed by atoms with Crippen LogP contribution < -0.4 is 10.1 Å². The predicted molar refractivity (Wildman–Crippen MR) is 76.7 cm³/mol. The van der Waals surface area contributed by atoms with Crippen molar-refractivity contribution in [2.75, 3.05) is 19.8 Å². The minimum Gasteiger partial charge on any atom is -0.483 e. The number of nitrogens with one attached hydrogen (secondary N) is 1. The summed E-state index contributed by atoms with van der Waals surface area (Å²) >= 11 is 0. The fraction of sp³-hybridized carbons (Fsp3) is 0.533.